The third-order valence-corrected chi connectivity index (χ3v) is 4.30. The first-order chi connectivity index (χ1) is 9.47. The molecule has 2 amide bonds. The third kappa shape index (κ3) is 3.62. The Morgan fingerprint density at radius 2 is 2.10 bits per heavy atom. The van der Waals surface area contributed by atoms with Crippen LogP contribution in [0, 0.1) is 0 Å². The Hall–Kier alpha value is -1.30. The van der Waals surface area contributed by atoms with E-state index in [9.17, 15) is 9.59 Å². The highest BCUT2D eigenvalue weighted by molar-refractivity contribution is 5.76. The first-order valence-electron chi connectivity index (χ1n) is 7.50. The van der Waals surface area contributed by atoms with Gasteiger partial charge in [-0.15, -0.1) is 0 Å². The Morgan fingerprint density at radius 3 is 2.80 bits per heavy atom. The van der Waals surface area contributed by atoms with Crippen LogP contribution in [0.1, 0.15) is 39.5 Å². The SMILES string of the molecule is CC(CC(=O)O)NC(=O)N1CC2CCCCN2CC1C. The lowest BCUT2D eigenvalue weighted by Crippen LogP contribution is -2.62. The lowest BCUT2D eigenvalue weighted by Gasteiger charge is -2.47. The van der Waals surface area contributed by atoms with Crippen molar-refractivity contribution in [2.45, 2.75) is 57.7 Å². The summed E-state index contributed by atoms with van der Waals surface area (Å²) >= 11 is 0. The summed E-state index contributed by atoms with van der Waals surface area (Å²) in [4.78, 5) is 27.3. The van der Waals surface area contributed by atoms with Crippen molar-refractivity contribution >= 4 is 12.0 Å². The fraction of sp³-hybridized carbons (Fsp3) is 0.857. The van der Waals surface area contributed by atoms with Gasteiger partial charge in [-0.1, -0.05) is 6.42 Å². The number of carboxylic acids is 1. The number of piperazine rings is 1. The first kappa shape index (κ1) is 15.1. The Bertz CT molecular complexity index is 375. The minimum absolute atomic E-state index is 0.0382. The zero-order chi connectivity index (χ0) is 14.7. The predicted molar refractivity (Wildman–Crippen MR) is 75.6 cm³/mol. The molecule has 114 valence electrons. The number of carbonyl (C=O) groups is 2. The summed E-state index contributed by atoms with van der Waals surface area (Å²) in [6.45, 7) is 6.61. The topological polar surface area (TPSA) is 72.9 Å². The molecule has 0 radical (unpaired) electrons. The van der Waals surface area contributed by atoms with Gasteiger partial charge in [0.15, 0.2) is 0 Å². The maximum absolute atomic E-state index is 12.3. The zero-order valence-electron chi connectivity index (χ0n) is 12.3. The molecule has 2 N–H and O–H groups in total. The molecule has 6 heteroatoms. The van der Waals surface area contributed by atoms with E-state index in [-0.39, 0.29) is 24.5 Å². The van der Waals surface area contributed by atoms with Crippen molar-refractivity contribution < 1.29 is 14.7 Å². The molecule has 0 aromatic carbocycles. The molecule has 3 unspecified atom stereocenters. The number of piperidine rings is 1. The summed E-state index contributed by atoms with van der Waals surface area (Å²) in [7, 11) is 0. The van der Waals surface area contributed by atoms with Crippen molar-refractivity contribution in [2.75, 3.05) is 19.6 Å². The van der Waals surface area contributed by atoms with Crippen LogP contribution in [0.2, 0.25) is 0 Å². The predicted octanol–water partition coefficient (Wildman–Crippen LogP) is 1.12. The number of amides is 2. The van der Waals surface area contributed by atoms with Crippen LogP contribution in [0.4, 0.5) is 4.79 Å². The molecule has 3 atom stereocenters. The largest absolute Gasteiger partial charge is 0.481 e. The van der Waals surface area contributed by atoms with Gasteiger partial charge in [0.2, 0.25) is 0 Å². The minimum atomic E-state index is -0.886. The Morgan fingerprint density at radius 1 is 1.35 bits per heavy atom. The second-order valence-corrected chi connectivity index (χ2v) is 6.09. The lowest BCUT2D eigenvalue weighted by atomic mass is 9.97. The smallest absolute Gasteiger partial charge is 0.317 e. The number of hydrogen-bond donors (Lipinski definition) is 2. The Labute approximate surface area is 120 Å². The van der Waals surface area contributed by atoms with Gasteiger partial charge in [0, 0.05) is 31.2 Å². The summed E-state index contributed by atoms with van der Waals surface area (Å²) < 4.78 is 0. The van der Waals surface area contributed by atoms with Crippen LogP contribution in [0.25, 0.3) is 0 Å². The van der Waals surface area contributed by atoms with E-state index in [0.29, 0.717) is 6.04 Å². The van der Waals surface area contributed by atoms with Crippen LogP contribution in [-0.4, -0.2) is 64.7 Å². The van der Waals surface area contributed by atoms with Crippen LogP contribution in [0.15, 0.2) is 0 Å². The molecule has 0 aromatic rings. The number of nitrogens with one attached hydrogen (secondary N) is 1. The van der Waals surface area contributed by atoms with Gasteiger partial charge >= 0.3 is 12.0 Å². The second kappa shape index (κ2) is 6.43. The van der Waals surface area contributed by atoms with Gasteiger partial charge in [0.25, 0.3) is 0 Å². The molecule has 6 nitrogen and oxygen atoms in total. The van der Waals surface area contributed by atoms with E-state index in [1.54, 1.807) is 6.92 Å². The van der Waals surface area contributed by atoms with Crippen LogP contribution in [0.3, 0.4) is 0 Å². The van der Waals surface area contributed by atoms with Crippen molar-refractivity contribution in [3.8, 4) is 0 Å². The fourth-order valence-corrected chi connectivity index (χ4v) is 3.24. The molecule has 2 heterocycles. The second-order valence-electron chi connectivity index (χ2n) is 6.09. The van der Waals surface area contributed by atoms with E-state index in [1.165, 1.54) is 12.8 Å². The highest BCUT2D eigenvalue weighted by Crippen LogP contribution is 2.24. The van der Waals surface area contributed by atoms with Crippen LogP contribution in [-0.2, 0) is 4.79 Å². The summed E-state index contributed by atoms with van der Waals surface area (Å²) in [5, 5.41) is 11.5. The molecule has 0 bridgehead atoms. The van der Waals surface area contributed by atoms with Crippen molar-refractivity contribution in [3.63, 3.8) is 0 Å². The third-order valence-electron chi connectivity index (χ3n) is 4.30. The number of nitrogens with zero attached hydrogens (tertiary/aromatic N) is 2. The number of urea groups is 1. The van der Waals surface area contributed by atoms with Gasteiger partial charge in [0.05, 0.1) is 6.42 Å². The van der Waals surface area contributed by atoms with E-state index in [4.69, 9.17) is 5.11 Å². The minimum Gasteiger partial charge on any atom is -0.481 e. The van der Waals surface area contributed by atoms with Crippen LogP contribution in [0.5, 0.6) is 0 Å². The number of aliphatic carboxylic acids is 1. The average Bonchev–Trinajstić information content (AvgIpc) is 2.36. The quantitative estimate of drug-likeness (QED) is 0.814. The van der Waals surface area contributed by atoms with Crippen LogP contribution < -0.4 is 5.32 Å². The number of hydrogen-bond acceptors (Lipinski definition) is 3. The number of fused-ring (bicyclic) bond motifs is 1. The van der Waals surface area contributed by atoms with Gasteiger partial charge < -0.3 is 15.3 Å². The highest BCUT2D eigenvalue weighted by Gasteiger charge is 2.35. The summed E-state index contributed by atoms with van der Waals surface area (Å²) in [6, 6.07) is 0.190. The molecule has 2 saturated heterocycles. The number of rotatable bonds is 3. The van der Waals surface area contributed by atoms with E-state index in [1.807, 2.05) is 4.90 Å². The van der Waals surface area contributed by atoms with Crippen molar-refractivity contribution in [1.29, 1.82) is 0 Å². The molecule has 0 aromatic heterocycles. The molecular formula is C14H25N3O3. The molecule has 2 aliphatic rings. The Kier molecular flexibility index (Phi) is 4.86. The van der Waals surface area contributed by atoms with Gasteiger partial charge in [-0.25, -0.2) is 4.79 Å². The normalized spacial score (nSPS) is 28.6. The van der Waals surface area contributed by atoms with E-state index < -0.39 is 5.97 Å². The lowest BCUT2D eigenvalue weighted by molar-refractivity contribution is -0.137. The molecule has 0 saturated carbocycles. The fourth-order valence-electron chi connectivity index (χ4n) is 3.24. The molecule has 0 spiro atoms. The van der Waals surface area contributed by atoms with Crippen molar-refractivity contribution in [2.24, 2.45) is 0 Å². The monoisotopic (exact) mass is 283 g/mol. The highest BCUT2D eigenvalue weighted by atomic mass is 16.4. The van der Waals surface area contributed by atoms with E-state index in [2.05, 4.69) is 17.1 Å². The summed E-state index contributed by atoms with van der Waals surface area (Å²) in [5.74, 6) is -0.886. The standard InChI is InChI=1S/C14H25N3O3/c1-10(7-13(18)19)15-14(20)17-9-12-5-3-4-6-16(12)8-11(17)2/h10-12H,3-9H2,1-2H3,(H,15,20)(H,18,19). The molecule has 20 heavy (non-hydrogen) atoms. The van der Waals surface area contributed by atoms with Crippen LogP contribution >= 0.6 is 0 Å². The maximum Gasteiger partial charge on any atom is 0.317 e. The molecule has 0 aliphatic carbocycles. The zero-order valence-corrected chi connectivity index (χ0v) is 12.3. The van der Waals surface area contributed by atoms with Gasteiger partial charge in [-0.3, -0.25) is 9.69 Å². The van der Waals surface area contributed by atoms with Gasteiger partial charge in [-0.05, 0) is 33.2 Å². The Balaban J connectivity index is 1.90. The number of carbonyl (C=O) groups excluding carboxylic acids is 1. The molecule has 2 rings (SSSR count). The molecule has 2 fully saturated rings. The summed E-state index contributed by atoms with van der Waals surface area (Å²) in [6.07, 6.45) is 3.61. The maximum atomic E-state index is 12.3. The van der Waals surface area contributed by atoms with Crippen molar-refractivity contribution in [1.82, 2.24) is 15.1 Å². The molecule has 2 aliphatic heterocycles. The molecular weight excluding hydrogens is 258 g/mol. The summed E-state index contributed by atoms with van der Waals surface area (Å²) in [5.41, 5.74) is 0. The van der Waals surface area contributed by atoms with Crippen molar-refractivity contribution in [3.05, 3.63) is 0 Å². The number of carboxylic acid groups (broad SMARTS) is 1. The van der Waals surface area contributed by atoms with Gasteiger partial charge in [-0.2, -0.15) is 0 Å². The average molecular weight is 283 g/mol. The van der Waals surface area contributed by atoms with E-state index >= 15 is 0 Å². The van der Waals surface area contributed by atoms with Gasteiger partial charge in [0.1, 0.15) is 0 Å². The first-order valence-corrected chi connectivity index (χ1v) is 7.50. The van der Waals surface area contributed by atoms with E-state index in [0.717, 1.165) is 26.1 Å².